The van der Waals surface area contributed by atoms with Gasteiger partial charge in [-0.2, -0.15) is 0 Å². The number of aryl methyl sites for hydroxylation is 1. The van der Waals surface area contributed by atoms with Gasteiger partial charge in [-0.25, -0.2) is 13.1 Å². The molecule has 1 rings (SSSR count). The minimum absolute atomic E-state index is 0.213. The first-order valence-electron chi connectivity index (χ1n) is 6.44. The van der Waals surface area contributed by atoms with Gasteiger partial charge in [0.15, 0.2) is 0 Å². The van der Waals surface area contributed by atoms with Crippen LogP contribution < -0.4 is 4.72 Å². The molecule has 0 saturated carbocycles. The van der Waals surface area contributed by atoms with E-state index in [1.807, 2.05) is 20.8 Å². The van der Waals surface area contributed by atoms with Gasteiger partial charge in [0.1, 0.15) is 0 Å². The maximum atomic E-state index is 12.1. The predicted octanol–water partition coefficient (Wildman–Crippen LogP) is 2.88. The van der Waals surface area contributed by atoms with Gasteiger partial charge in [-0.1, -0.05) is 37.6 Å². The molecule has 0 aromatic heterocycles. The summed E-state index contributed by atoms with van der Waals surface area (Å²) in [7, 11) is -3.46. The summed E-state index contributed by atoms with van der Waals surface area (Å²) in [6, 6.07) is 6.77. The van der Waals surface area contributed by atoms with Crippen LogP contribution >= 0.6 is 0 Å². The minimum atomic E-state index is -3.46. The molecular weight excluding hydrogens is 246 g/mol. The molecule has 0 unspecified atom stereocenters. The Bertz CT molecular complexity index is 533. The number of hydrogen-bond acceptors (Lipinski definition) is 2. The van der Waals surface area contributed by atoms with Crippen LogP contribution in [-0.4, -0.2) is 15.0 Å². The lowest BCUT2D eigenvalue weighted by molar-refractivity contribution is 0.369. The van der Waals surface area contributed by atoms with E-state index in [9.17, 15) is 8.42 Å². The van der Waals surface area contributed by atoms with Gasteiger partial charge >= 0.3 is 0 Å². The van der Waals surface area contributed by atoms with Crippen molar-refractivity contribution in [2.45, 2.75) is 32.1 Å². The molecule has 100 valence electrons. The summed E-state index contributed by atoms with van der Waals surface area (Å²) in [5.74, 6) is 0. The van der Waals surface area contributed by atoms with Crippen LogP contribution in [0.4, 0.5) is 0 Å². The Morgan fingerprint density at radius 3 is 2.56 bits per heavy atom. The lowest BCUT2D eigenvalue weighted by atomic mass is 9.90. The highest BCUT2D eigenvalue weighted by molar-refractivity contribution is 7.89. The van der Waals surface area contributed by atoms with Gasteiger partial charge < -0.3 is 0 Å². The van der Waals surface area contributed by atoms with Crippen molar-refractivity contribution in [3.05, 3.63) is 42.5 Å². The minimum Gasteiger partial charge on any atom is -0.211 e. The van der Waals surface area contributed by atoms with Crippen LogP contribution in [0.15, 0.2) is 41.8 Å². The number of rotatable bonds is 6. The van der Waals surface area contributed by atoms with Crippen molar-refractivity contribution in [2.75, 3.05) is 6.54 Å². The Morgan fingerprint density at radius 2 is 2.00 bits per heavy atom. The van der Waals surface area contributed by atoms with E-state index in [1.54, 1.807) is 30.3 Å². The van der Waals surface area contributed by atoms with E-state index in [4.69, 9.17) is 1.37 Å². The van der Waals surface area contributed by atoms with Crippen molar-refractivity contribution in [1.29, 1.82) is 0 Å². The van der Waals surface area contributed by atoms with E-state index in [1.165, 1.54) is 6.55 Å². The molecule has 1 aromatic rings. The number of hydrogen-bond donors (Lipinski definition) is 1. The van der Waals surface area contributed by atoms with E-state index in [0.29, 0.717) is 13.0 Å². The highest BCUT2D eigenvalue weighted by Gasteiger charge is 2.21. The van der Waals surface area contributed by atoms with Gasteiger partial charge in [-0.3, -0.25) is 0 Å². The number of benzene rings is 1. The van der Waals surface area contributed by atoms with Gasteiger partial charge in [0.05, 0.1) is 6.27 Å². The summed E-state index contributed by atoms with van der Waals surface area (Å²) < 4.78 is 33.8. The van der Waals surface area contributed by atoms with E-state index in [-0.39, 0.29) is 10.3 Å². The highest BCUT2D eigenvalue weighted by Crippen LogP contribution is 2.20. The monoisotopic (exact) mass is 268 g/mol. The maximum Gasteiger partial charge on any atom is 0.240 e. The van der Waals surface area contributed by atoms with Crippen LogP contribution in [0.3, 0.4) is 0 Å². The van der Waals surface area contributed by atoms with Crippen LogP contribution in [-0.2, 0) is 10.0 Å². The normalized spacial score (nSPS) is 13.8. The van der Waals surface area contributed by atoms with Crippen molar-refractivity contribution in [3.8, 4) is 0 Å². The lowest BCUT2D eigenvalue weighted by Crippen LogP contribution is -2.33. The molecule has 0 aliphatic rings. The Kier molecular flexibility index (Phi) is 4.19. The Morgan fingerprint density at radius 1 is 1.39 bits per heavy atom. The second-order valence-corrected chi connectivity index (χ2v) is 7.01. The van der Waals surface area contributed by atoms with Crippen LogP contribution in [0.1, 0.15) is 27.2 Å². The summed E-state index contributed by atoms with van der Waals surface area (Å²) in [5.41, 5.74) is 0.815. The van der Waals surface area contributed by atoms with E-state index >= 15 is 0 Å². The van der Waals surface area contributed by atoms with Crippen LogP contribution in [0.25, 0.3) is 0 Å². The Labute approximate surface area is 111 Å². The summed E-state index contributed by atoms with van der Waals surface area (Å²) in [4.78, 5) is 0.282. The molecule has 0 aliphatic carbocycles. The smallest absolute Gasteiger partial charge is 0.211 e. The van der Waals surface area contributed by atoms with Gasteiger partial charge in [0, 0.05) is 6.54 Å². The number of nitrogens with one attached hydrogen (secondary N) is 1. The summed E-state index contributed by atoms with van der Waals surface area (Å²) in [5, 5.41) is 0. The molecule has 0 aliphatic heterocycles. The fourth-order valence-electron chi connectivity index (χ4n) is 1.48. The molecule has 0 bridgehead atoms. The topological polar surface area (TPSA) is 46.2 Å². The molecule has 0 radical (unpaired) electrons. The Hall–Kier alpha value is -1.13. The third-order valence-electron chi connectivity index (χ3n) is 2.74. The average molecular weight is 268 g/mol. The van der Waals surface area contributed by atoms with E-state index < -0.39 is 10.0 Å². The van der Waals surface area contributed by atoms with E-state index in [2.05, 4.69) is 4.72 Å². The highest BCUT2D eigenvalue weighted by atomic mass is 32.2. The molecule has 18 heavy (non-hydrogen) atoms. The third-order valence-corrected chi connectivity index (χ3v) is 4.16. The molecule has 0 fully saturated rings. The Balaban J connectivity index is 2.73. The SMILES string of the molecule is [2H]C=CCC(C)(C)CNS(=O)(=O)c1ccc(C)cc1. The fourth-order valence-corrected chi connectivity index (χ4v) is 2.72. The van der Waals surface area contributed by atoms with Crippen LogP contribution in [0, 0.1) is 12.3 Å². The second-order valence-electron chi connectivity index (χ2n) is 5.24. The predicted molar refractivity (Wildman–Crippen MR) is 75.0 cm³/mol. The molecule has 0 spiro atoms. The first-order valence-corrected chi connectivity index (χ1v) is 7.35. The average Bonchev–Trinajstić information content (AvgIpc) is 2.35. The molecule has 1 aromatic carbocycles. The fraction of sp³-hybridized carbons (Fsp3) is 0.429. The maximum absolute atomic E-state index is 12.1. The molecule has 4 heteroatoms. The molecule has 1 N–H and O–H groups in total. The summed E-state index contributed by atoms with van der Waals surface area (Å²) in [6.07, 6.45) is 2.38. The van der Waals surface area contributed by atoms with Gasteiger partial charge in [-0.15, -0.1) is 6.55 Å². The molecular formula is C14H21NO2S. The zero-order valence-corrected chi connectivity index (χ0v) is 11.9. The molecule has 0 atom stereocenters. The van der Waals surface area contributed by atoms with Crippen molar-refractivity contribution in [1.82, 2.24) is 4.72 Å². The first-order chi connectivity index (χ1) is 8.77. The quantitative estimate of drug-likeness (QED) is 0.806. The zero-order chi connectivity index (χ0) is 14.5. The van der Waals surface area contributed by atoms with Gasteiger partial charge in [-0.05, 0) is 30.9 Å². The first kappa shape index (κ1) is 13.3. The van der Waals surface area contributed by atoms with Crippen molar-refractivity contribution < 1.29 is 9.79 Å². The zero-order valence-electron chi connectivity index (χ0n) is 12.1. The summed E-state index contributed by atoms with van der Waals surface area (Å²) >= 11 is 0. The van der Waals surface area contributed by atoms with Crippen molar-refractivity contribution in [3.63, 3.8) is 0 Å². The van der Waals surface area contributed by atoms with E-state index in [0.717, 1.165) is 5.56 Å². The van der Waals surface area contributed by atoms with Crippen LogP contribution in [0.5, 0.6) is 0 Å². The molecule has 0 heterocycles. The van der Waals surface area contributed by atoms with Crippen LogP contribution in [0.2, 0.25) is 0 Å². The van der Waals surface area contributed by atoms with Gasteiger partial charge in [0.25, 0.3) is 0 Å². The number of allylic oxidation sites excluding steroid dienone is 1. The standard InChI is InChI=1S/C14H21NO2S/c1-5-10-14(3,4)11-15-18(16,17)13-8-6-12(2)7-9-13/h5-9,15H,1,10-11H2,2-4H3/i1D. The third kappa shape index (κ3) is 4.27. The molecule has 0 saturated heterocycles. The number of sulfonamides is 1. The lowest BCUT2D eigenvalue weighted by Gasteiger charge is -2.23. The van der Waals surface area contributed by atoms with Crippen molar-refractivity contribution in [2.24, 2.45) is 5.41 Å². The second kappa shape index (κ2) is 5.67. The van der Waals surface area contributed by atoms with Gasteiger partial charge in [0.2, 0.25) is 10.0 Å². The molecule has 0 amide bonds. The molecule has 3 nitrogen and oxygen atoms in total. The largest absolute Gasteiger partial charge is 0.240 e. The summed E-state index contributed by atoms with van der Waals surface area (Å²) in [6.45, 7) is 7.42. The van der Waals surface area contributed by atoms with Crippen molar-refractivity contribution >= 4 is 10.0 Å².